The van der Waals surface area contributed by atoms with Crippen LogP contribution in [0, 0.1) is 18.6 Å². The second kappa shape index (κ2) is 5.65. The van der Waals surface area contributed by atoms with Gasteiger partial charge in [0.2, 0.25) is 5.91 Å². The molecule has 2 atom stereocenters. The quantitative estimate of drug-likeness (QED) is 0.882. The third-order valence-electron chi connectivity index (χ3n) is 3.50. The SMILES string of the molecule is Cc1cc(F)c(C(C)NC2CCC(=O)NC2)cc1F. The van der Waals surface area contributed by atoms with E-state index in [0.717, 1.165) is 0 Å². The first-order valence-corrected chi connectivity index (χ1v) is 6.45. The molecule has 1 aromatic carbocycles. The van der Waals surface area contributed by atoms with Gasteiger partial charge in [0, 0.05) is 30.6 Å². The second-order valence-electron chi connectivity index (χ2n) is 5.05. The molecule has 0 aromatic heterocycles. The summed E-state index contributed by atoms with van der Waals surface area (Å²) in [5.74, 6) is -0.765. The maximum atomic E-state index is 13.8. The number of carbonyl (C=O) groups is 1. The molecular weight excluding hydrogens is 250 g/mol. The van der Waals surface area contributed by atoms with Gasteiger partial charge >= 0.3 is 0 Å². The maximum absolute atomic E-state index is 13.8. The Labute approximate surface area is 111 Å². The van der Waals surface area contributed by atoms with E-state index in [9.17, 15) is 13.6 Å². The van der Waals surface area contributed by atoms with Gasteiger partial charge in [-0.2, -0.15) is 0 Å². The van der Waals surface area contributed by atoms with Crippen molar-refractivity contribution in [1.82, 2.24) is 10.6 Å². The van der Waals surface area contributed by atoms with Gasteiger partial charge in [-0.1, -0.05) is 0 Å². The number of piperidine rings is 1. The highest BCUT2D eigenvalue weighted by atomic mass is 19.1. The van der Waals surface area contributed by atoms with Gasteiger partial charge in [-0.15, -0.1) is 0 Å². The van der Waals surface area contributed by atoms with Crippen molar-refractivity contribution < 1.29 is 13.6 Å². The average Bonchev–Trinajstić information content (AvgIpc) is 2.36. The summed E-state index contributed by atoms with van der Waals surface area (Å²) in [5, 5.41) is 5.98. The van der Waals surface area contributed by atoms with Gasteiger partial charge < -0.3 is 10.6 Å². The Morgan fingerprint density at radius 3 is 2.74 bits per heavy atom. The molecule has 1 fully saturated rings. The molecule has 1 aliphatic heterocycles. The normalized spacial score (nSPS) is 21.1. The van der Waals surface area contributed by atoms with Crippen molar-refractivity contribution in [3.05, 3.63) is 34.9 Å². The molecule has 2 rings (SSSR count). The Hall–Kier alpha value is -1.49. The first kappa shape index (κ1) is 13.9. The molecule has 1 amide bonds. The lowest BCUT2D eigenvalue weighted by molar-refractivity contribution is -0.122. The van der Waals surface area contributed by atoms with Crippen LogP contribution in [0.25, 0.3) is 0 Å². The van der Waals surface area contributed by atoms with E-state index < -0.39 is 11.6 Å². The number of amides is 1. The molecule has 0 spiro atoms. The first-order valence-electron chi connectivity index (χ1n) is 6.45. The van der Waals surface area contributed by atoms with E-state index >= 15 is 0 Å². The first-order chi connectivity index (χ1) is 8.97. The topological polar surface area (TPSA) is 41.1 Å². The fourth-order valence-electron chi connectivity index (χ4n) is 2.31. The minimum atomic E-state index is -0.404. The minimum Gasteiger partial charge on any atom is -0.355 e. The Morgan fingerprint density at radius 1 is 1.37 bits per heavy atom. The minimum absolute atomic E-state index is 0.0401. The third kappa shape index (κ3) is 3.29. The lowest BCUT2D eigenvalue weighted by Gasteiger charge is -2.27. The highest BCUT2D eigenvalue weighted by Gasteiger charge is 2.21. The van der Waals surface area contributed by atoms with Crippen LogP contribution >= 0.6 is 0 Å². The maximum Gasteiger partial charge on any atom is 0.220 e. The van der Waals surface area contributed by atoms with E-state index in [4.69, 9.17) is 0 Å². The van der Waals surface area contributed by atoms with Crippen LogP contribution in [0.2, 0.25) is 0 Å². The van der Waals surface area contributed by atoms with E-state index in [2.05, 4.69) is 10.6 Å². The number of carbonyl (C=O) groups excluding carboxylic acids is 1. The van der Waals surface area contributed by atoms with Crippen LogP contribution in [0.3, 0.4) is 0 Å². The van der Waals surface area contributed by atoms with Crippen LogP contribution in [0.4, 0.5) is 8.78 Å². The van der Waals surface area contributed by atoms with E-state index in [1.54, 1.807) is 6.92 Å². The molecule has 2 N–H and O–H groups in total. The molecule has 3 nitrogen and oxygen atoms in total. The summed E-state index contributed by atoms with van der Waals surface area (Å²) < 4.78 is 27.3. The van der Waals surface area contributed by atoms with Crippen LogP contribution < -0.4 is 10.6 Å². The van der Waals surface area contributed by atoms with Crippen LogP contribution in [-0.2, 0) is 4.79 Å². The lowest BCUT2D eigenvalue weighted by Crippen LogP contribution is -2.46. The third-order valence-corrected chi connectivity index (χ3v) is 3.50. The van der Waals surface area contributed by atoms with Gasteiger partial charge in [0.15, 0.2) is 0 Å². The summed E-state index contributed by atoms with van der Waals surface area (Å²) in [6.45, 7) is 3.86. The molecule has 104 valence electrons. The highest BCUT2D eigenvalue weighted by molar-refractivity contribution is 5.76. The van der Waals surface area contributed by atoms with Crippen LogP contribution in [0.1, 0.15) is 36.9 Å². The zero-order valence-electron chi connectivity index (χ0n) is 11.1. The van der Waals surface area contributed by atoms with Crippen molar-refractivity contribution >= 4 is 5.91 Å². The van der Waals surface area contributed by atoms with Crippen molar-refractivity contribution in [3.8, 4) is 0 Å². The van der Waals surface area contributed by atoms with Gasteiger partial charge in [-0.3, -0.25) is 4.79 Å². The van der Waals surface area contributed by atoms with E-state index in [1.807, 2.05) is 0 Å². The number of halogens is 2. The van der Waals surface area contributed by atoms with E-state index in [0.29, 0.717) is 30.5 Å². The van der Waals surface area contributed by atoms with Crippen molar-refractivity contribution in [2.75, 3.05) is 6.54 Å². The molecule has 19 heavy (non-hydrogen) atoms. The molecule has 5 heteroatoms. The van der Waals surface area contributed by atoms with Crippen LogP contribution in [0.15, 0.2) is 12.1 Å². The fraction of sp³-hybridized carbons (Fsp3) is 0.500. The van der Waals surface area contributed by atoms with Crippen LogP contribution in [0.5, 0.6) is 0 Å². The summed E-state index contributed by atoms with van der Waals surface area (Å²) in [6, 6.07) is 2.25. The number of benzene rings is 1. The van der Waals surface area contributed by atoms with Crippen molar-refractivity contribution in [1.29, 1.82) is 0 Å². The van der Waals surface area contributed by atoms with Crippen molar-refractivity contribution in [2.45, 2.75) is 38.8 Å². The van der Waals surface area contributed by atoms with Gasteiger partial charge in [0.1, 0.15) is 11.6 Å². The number of aryl methyl sites for hydroxylation is 1. The average molecular weight is 268 g/mol. The Bertz CT molecular complexity index is 481. The predicted octanol–water partition coefficient (Wildman–Crippen LogP) is 2.20. The predicted molar refractivity (Wildman–Crippen MR) is 68.7 cm³/mol. The second-order valence-corrected chi connectivity index (χ2v) is 5.05. The van der Waals surface area contributed by atoms with Gasteiger partial charge in [0.25, 0.3) is 0 Å². The Balaban J connectivity index is 2.05. The summed E-state index contributed by atoms with van der Waals surface area (Å²) in [6.07, 6.45) is 1.18. The highest BCUT2D eigenvalue weighted by Crippen LogP contribution is 2.21. The molecule has 0 radical (unpaired) electrons. The van der Waals surface area contributed by atoms with E-state index in [-0.39, 0.29) is 18.0 Å². The summed E-state index contributed by atoms with van der Waals surface area (Å²) in [7, 11) is 0. The smallest absolute Gasteiger partial charge is 0.220 e. The Kier molecular flexibility index (Phi) is 4.14. The standard InChI is InChI=1S/C14H18F2N2O/c1-8-5-13(16)11(6-12(8)15)9(2)18-10-3-4-14(19)17-7-10/h5-6,9-10,18H,3-4,7H2,1-2H3,(H,17,19). The molecular formula is C14H18F2N2O. The lowest BCUT2D eigenvalue weighted by atomic mass is 10.0. The zero-order chi connectivity index (χ0) is 14.0. The number of rotatable bonds is 3. The fourth-order valence-corrected chi connectivity index (χ4v) is 2.31. The largest absolute Gasteiger partial charge is 0.355 e. The molecule has 1 heterocycles. The van der Waals surface area contributed by atoms with Crippen molar-refractivity contribution in [2.24, 2.45) is 0 Å². The monoisotopic (exact) mass is 268 g/mol. The van der Waals surface area contributed by atoms with Gasteiger partial charge in [0.05, 0.1) is 0 Å². The molecule has 1 aromatic rings. The number of nitrogens with one attached hydrogen (secondary N) is 2. The van der Waals surface area contributed by atoms with E-state index in [1.165, 1.54) is 19.1 Å². The molecule has 1 aliphatic rings. The number of hydrogen-bond donors (Lipinski definition) is 2. The zero-order valence-corrected chi connectivity index (χ0v) is 11.1. The molecule has 0 saturated carbocycles. The molecule has 1 saturated heterocycles. The number of hydrogen-bond acceptors (Lipinski definition) is 2. The van der Waals surface area contributed by atoms with Gasteiger partial charge in [-0.25, -0.2) is 8.78 Å². The summed E-state index contributed by atoms with van der Waals surface area (Å²) >= 11 is 0. The molecule has 0 aliphatic carbocycles. The summed E-state index contributed by atoms with van der Waals surface area (Å²) in [5.41, 5.74) is 0.623. The molecule has 2 unspecified atom stereocenters. The van der Waals surface area contributed by atoms with Crippen molar-refractivity contribution in [3.63, 3.8) is 0 Å². The van der Waals surface area contributed by atoms with Crippen LogP contribution in [-0.4, -0.2) is 18.5 Å². The van der Waals surface area contributed by atoms with Gasteiger partial charge in [-0.05, 0) is 38.0 Å². The molecule has 0 bridgehead atoms. The Morgan fingerprint density at radius 2 is 2.11 bits per heavy atom. The summed E-state index contributed by atoms with van der Waals surface area (Å²) in [4.78, 5) is 11.1.